The van der Waals surface area contributed by atoms with E-state index in [9.17, 15) is 26.3 Å². The summed E-state index contributed by atoms with van der Waals surface area (Å²) < 4.78 is 77.6. The van der Waals surface area contributed by atoms with E-state index < -0.39 is 23.5 Å². The van der Waals surface area contributed by atoms with Crippen molar-refractivity contribution >= 4 is 17.1 Å². The molecule has 0 radical (unpaired) electrons. The van der Waals surface area contributed by atoms with Gasteiger partial charge in [-0.05, 0) is 60.7 Å². The van der Waals surface area contributed by atoms with Gasteiger partial charge in [-0.1, -0.05) is 18.2 Å². The molecule has 0 atom stereocenters. The van der Waals surface area contributed by atoms with Crippen LogP contribution in [0, 0.1) is 0 Å². The van der Waals surface area contributed by atoms with E-state index in [1.165, 1.54) is 24.3 Å². The van der Waals surface area contributed by atoms with E-state index in [4.69, 9.17) is 0 Å². The standard InChI is InChI=1S/C22H17F6N3/c23-21(24,25)16-6-10-19(11-7-16)30-14-29(18-4-2-1-3-5-18)15-31(30)20-12-8-17(9-13-20)22(26,27)28/h1-13H,14-15H2. The molecule has 0 amide bonds. The highest BCUT2D eigenvalue weighted by atomic mass is 19.4. The summed E-state index contributed by atoms with van der Waals surface area (Å²) in [6, 6.07) is 18.7. The second-order valence-corrected chi connectivity index (χ2v) is 7.05. The van der Waals surface area contributed by atoms with E-state index >= 15 is 0 Å². The van der Waals surface area contributed by atoms with Gasteiger partial charge < -0.3 is 4.90 Å². The predicted molar refractivity (Wildman–Crippen MR) is 107 cm³/mol. The molecule has 31 heavy (non-hydrogen) atoms. The highest BCUT2D eigenvalue weighted by Crippen LogP contribution is 2.35. The van der Waals surface area contributed by atoms with E-state index in [0.717, 1.165) is 30.0 Å². The lowest BCUT2D eigenvalue weighted by atomic mass is 10.2. The van der Waals surface area contributed by atoms with Gasteiger partial charge in [0.15, 0.2) is 0 Å². The third-order valence-corrected chi connectivity index (χ3v) is 5.01. The van der Waals surface area contributed by atoms with Crippen molar-refractivity contribution in [2.24, 2.45) is 0 Å². The van der Waals surface area contributed by atoms with Gasteiger partial charge in [0, 0.05) is 5.69 Å². The molecule has 162 valence electrons. The Morgan fingerprint density at radius 1 is 0.484 bits per heavy atom. The van der Waals surface area contributed by atoms with Gasteiger partial charge in [0.05, 0.1) is 22.5 Å². The highest BCUT2D eigenvalue weighted by Gasteiger charge is 2.34. The molecule has 0 saturated carbocycles. The Labute approximate surface area is 174 Å². The van der Waals surface area contributed by atoms with Crippen LogP contribution in [0.3, 0.4) is 0 Å². The molecule has 9 heteroatoms. The van der Waals surface area contributed by atoms with Crippen molar-refractivity contribution in [2.45, 2.75) is 12.4 Å². The molecule has 0 aromatic heterocycles. The highest BCUT2D eigenvalue weighted by molar-refractivity contribution is 5.64. The van der Waals surface area contributed by atoms with Crippen LogP contribution in [0.5, 0.6) is 0 Å². The lowest BCUT2D eigenvalue weighted by Gasteiger charge is -2.30. The van der Waals surface area contributed by atoms with E-state index in [2.05, 4.69) is 0 Å². The molecule has 0 spiro atoms. The molecule has 1 fully saturated rings. The molecule has 1 heterocycles. The van der Waals surface area contributed by atoms with Crippen LogP contribution in [-0.2, 0) is 12.4 Å². The Balaban J connectivity index is 1.68. The van der Waals surface area contributed by atoms with Crippen LogP contribution in [0.1, 0.15) is 11.1 Å². The van der Waals surface area contributed by atoms with E-state index in [1.54, 1.807) is 10.0 Å². The summed E-state index contributed by atoms with van der Waals surface area (Å²) in [6.45, 7) is 0.632. The van der Waals surface area contributed by atoms with Gasteiger partial charge in [0.1, 0.15) is 13.3 Å². The van der Waals surface area contributed by atoms with E-state index in [1.807, 2.05) is 35.2 Å². The Hall–Kier alpha value is -3.36. The summed E-state index contributed by atoms with van der Waals surface area (Å²) >= 11 is 0. The quantitative estimate of drug-likeness (QED) is 0.440. The fraction of sp³-hybridized carbons (Fsp3) is 0.182. The number of hydrazine groups is 1. The van der Waals surface area contributed by atoms with Gasteiger partial charge in [-0.15, -0.1) is 0 Å². The van der Waals surface area contributed by atoms with Gasteiger partial charge in [-0.2, -0.15) is 26.3 Å². The zero-order chi connectivity index (χ0) is 22.2. The molecule has 0 aliphatic carbocycles. The molecule has 1 aliphatic heterocycles. The van der Waals surface area contributed by atoms with Crippen molar-refractivity contribution in [3.8, 4) is 0 Å². The second-order valence-electron chi connectivity index (χ2n) is 7.05. The number of para-hydroxylation sites is 1. The number of hydrogen-bond acceptors (Lipinski definition) is 3. The Morgan fingerprint density at radius 2 is 0.871 bits per heavy atom. The molecule has 3 aromatic carbocycles. The predicted octanol–water partition coefficient (Wildman–Crippen LogP) is 6.39. The lowest BCUT2D eigenvalue weighted by Crippen LogP contribution is -2.36. The van der Waals surface area contributed by atoms with Gasteiger partial charge in [0.2, 0.25) is 0 Å². The average Bonchev–Trinajstić information content (AvgIpc) is 3.19. The first kappa shape index (κ1) is 20.9. The van der Waals surface area contributed by atoms with Gasteiger partial charge >= 0.3 is 12.4 Å². The SMILES string of the molecule is FC(F)(F)c1ccc(N2CN(c3ccccc3)CN2c2ccc(C(F)(F)F)cc2)cc1. The van der Waals surface area contributed by atoms with Crippen molar-refractivity contribution < 1.29 is 26.3 Å². The fourth-order valence-electron chi connectivity index (χ4n) is 3.41. The first-order chi connectivity index (χ1) is 14.6. The zero-order valence-electron chi connectivity index (χ0n) is 16.0. The minimum atomic E-state index is -4.45. The van der Waals surface area contributed by atoms with Gasteiger partial charge in [-0.25, -0.2) is 0 Å². The molecule has 0 N–H and O–H groups in total. The number of anilines is 3. The van der Waals surface area contributed by atoms with Crippen molar-refractivity contribution in [3.05, 3.63) is 90.0 Å². The summed E-state index contributed by atoms with van der Waals surface area (Å²) in [6.07, 6.45) is -8.90. The number of rotatable bonds is 3. The maximum absolute atomic E-state index is 12.9. The molecular weight excluding hydrogens is 420 g/mol. The van der Waals surface area contributed by atoms with Crippen LogP contribution in [-0.4, -0.2) is 13.3 Å². The largest absolute Gasteiger partial charge is 0.416 e. The smallest absolute Gasteiger partial charge is 0.332 e. The minimum absolute atomic E-state index is 0.316. The first-order valence-electron chi connectivity index (χ1n) is 9.32. The molecular formula is C22H17F6N3. The molecule has 1 aliphatic rings. The van der Waals surface area contributed by atoms with Gasteiger partial charge in [0.25, 0.3) is 0 Å². The number of hydrogen-bond donors (Lipinski definition) is 0. The number of halogens is 6. The van der Waals surface area contributed by atoms with E-state index in [-0.39, 0.29) is 0 Å². The van der Waals surface area contributed by atoms with E-state index in [0.29, 0.717) is 24.7 Å². The fourth-order valence-corrected chi connectivity index (χ4v) is 3.41. The molecule has 0 bridgehead atoms. The zero-order valence-corrected chi connectivity index (χ0v) is 16.0. The summed E-state index contributed by atoms with van der Waals surface area (Å²) in [5, 5.41) is 3.46. The molecule has 1 saturated heterocycles. The molecule has 0 unspecified atom stereocenters. The average molecular weight is 437 g/mol. The van der Waals surface area contributed by atoms with Crippen molar-refractivity contribution in [1.82, 2.24) is 0 Å². The Morgan fingerprint density at radius 3 is 1.23 bits per heavy atom. The third kappa shape index (κ3) is 4.40. The second kappa shape index (κ2) is 7.72. The maximum atomic E-state index is 12.9. The summed E-state index contributed by atoms with van der Waals surface area (Å²) in [5.41, 5.74) is 0.333. The van der Waals surface area contributed by atoms with Gasteiger partial charge in [-0.3, -0.25) is 10.0 Å². The normalized spacial score (nSPS) is 15.0. The number of nitrogens with zero attached hydrogens (tertiary/aromatic N) is 3. The third-order valence-electron chi connectivity index (χ3n) is 5.01. The monoisotopic (exact) mass is 437 g/mol. The molecule has 3 nitrogen and oxygen atoms in total. The molecule has 4 rings (SSSR count). The van der Waals surface area contributed by atoms with Crippen LogP contribution < -0.4 is 14.9 Å². The topological polar surface area (TPSA) is 9.72 Å². The van der Waals surface area contributed by atoms with Crippen LogP contribution in [0.2, 0.25) is 0 Å². The maximum Gasteiger partial charge on any atom is 0.416 e. The minimum Gasteiger partial charge on any atom is -0.332 e. The van der Waals surface area contributed by atoms with Crippen molar-refractivity contribution in [2.75, 3.05) is 28.3 Å². The summed E-state index contributed by atoms with van der Waals surface area (Å²) in [5.74, 6) is 0. The Kier molecular flexibility index (Phi) is 5.20. The number of benzene rings is 3. The van der Waals surface area contributed by atoms with Crippen molar-refractivity contribution in [3.63, 3.8) is 0 Å². The summed E-state index contributed by atoms with van der Waals surface area (Å²) in [7, 11) is 0. The molecule has 3 aromatic rings. The summed E-state index contributed by atoms with van der Waals surface area (Å²) in [4.78, 5) is 1.97. The Bertz CT molecular complexity index is 949. The first-order valence-corrected chi connectivity index (χ1v) is 9.32. The van der Waals surface area contributed by atoms with Crippen LogP contribution in [0.15, 0.2) is 78.9 Å². The lowest BCUT2D eigenvalue weighted by molar-refractivity contribution is -0.138. The number of alkyl halides is 6. The van der Waals surface area contributed by atoms with Crippen LogP contribution in [0.25, 0.3) is 0 Å². The van der Waals surface area contributed by atoms with Crippen LogP contribution >= 0.6 is 0 Å². The van der Waals surface area contributed by atoms with Crippen LogP contribution in [0.4, 0.5) is 43.4 Å². The van der Waals surface area contributed by atoms with Crippen molar-refractivity contribution in [1.29, 1.82) is 0 Å².